The fraction of sp³-hybridized carbons (Fsp3) is 0.824. The van der Waals surface area contributed by atoms with Crippen LogP contribution in [0.1, 0.15) is 53.4 Å². The highest BCUT2D eigenvalue weighted by Crippen LogP contribution is 2.29. The van der Waals surface area contributed by atoms with Crippen molar-refractivity contribution in [1.82, 2.24) is 4.90 Å². The average molecular weight is 359 g/mol. The van der Waals surface area contributed by atoms with Gasteiger partial charge in [-0.2, -0.15) is 11.8 Å². The van der Waals surface area contributed by atoms with E-state index in [1.54, 1.807) is 0 Å². The number of nitrogens with zero attached hydrogens (tertiary/aromatic N) is 1. The maximum absolute atomic E-state index is 12.2. The van der Waals surface area contributed by atoms with Crippen LogP contribution in [0.15, 0.2) is 0 Å². The van der Waals surface area contributed by atoms with Gasteiger partial charge in [0.2, 0.25) is 11.8 Å². The van der Waals surface area contributed by atoms with Crippen molar-refractivity contribution in [3.63, 3.8) is 0 Å². The standard InChI is InChI=1S/C17H29NO5S/c1-16(2,7-6-14(20)21)8-9-23-17(3,4)11-18-13(19)10-12(24-5)15(18)22/h12H,6-11H2,1-5H3,(H,20,21). The van der Waals surface area contributed by atoms with Crippen molar-refractivity contribution < 1.29 is 24.2 Å². The number of likely N-dealkylation sites (tertiary alicyclic amines) is 1. The van der Waals surface area contributed by atoms with Crippen LogP contribution >= 0.6 is 11.8 Å². The van der Waals surface area contributed by atoms with Gasteiger partial charge in [0.15, 0.2) is 0 Å². The van der Waals surface area contributed by atoms with E-state index in [1.165, 1.54) is 16.7 Å². The van der Waals surface area contributed by atoms with Gasteiger partial charge >= 0.3 is 5.97 Å². The maximum atomic E-state index is 12.2. The minimum Gasteiger partial charge on any atom is -0.481 e. The van der Waals surface area contributed by atoms with Crippen molar-refractivity contribution in [2.24, 2.45) is 5.41 Å². The Balaban J connectivity index is 2.48. The molecule has 0 saturated carbocycles. The van der Waals surface area contributed by atoms with Crippen LogP contribution in [-0.2, 0) is 19.1 Å². The molecule has 1 aliphatic rings. The Morgan fingerprint density at radius 3 is 2.42 bits per heavy atom. The zero-order valence-electron chi connectivity index (χ0n) is 15.3. The molecule has 24 heavy (non-hydrogen) atoms. The van der Waals surface area contributed by atoms with Gasteiger partial charge < -0.3 is 9.84 Å². The highest BCUT2D eigenvalue weighted by molar-refractivity contribution is 8.00. The third kappa shape index (κ3) is 6.43. The fourth-order valence-electron chi connectivity index (χ4n) is 2.60. The summed E-state index contributed by atoms with van der Waals surface area (Å²) in [7, 11) is 0. The van der Waals surface area contributed by atoms with Crippen molar-refractivity contribution in [3.8, 4) is 0 Å². The van der Waals surface area contributed by atoms with Crippen LogP contribution in [0.4, 0.5) is 0 Å². The molecule has 1 rings (SSSR count). The smallest absolute Gasteiger partial charge is 0.303 e. The maximum Gasteiger partial charge on any atom is 0.303 e. The number of carboxylic acid groups (broad SMARTS) is 1. The molecule has 0 spiro atoms. The third-order valence-electron chi connectivity index (χ3n) is 4.31. The molecule has 0 aromatic rings. The number of hydrogen-bond acceptors (Lipinski definition) is 5. The van der Waals surface area contributed by atoms with E-state index in [2.05, 4.69) is 0 Å². The second-order valence-corrected chi connectivity index (χ2v) is 8.70. The van der Waals surface area contributed by atoms with E-state index < -0.39 is 11.6 Å². The SMILES string of the molecule is CSC1CC(=O)N(CC(C)(C)OCCC(C)(C)CCC(=O)O)C1=O. The number of carboxylic acids is 1. The van der Waals surface area contributed by atoms with Crippen molar-refractivity contribution in [2.45, 2.75) is 64.2 Å². The highest BCUT2D eigenvalue weighted by Gasteiger charge is 2.40. The van der Waals surface area contributed by atoms with E-state index >= 15 is 0 Å². The van der Waals surface area contributed by atoms with Crippen LogP contribution in [0.3, 0.4) is 0 Å². The van der Waals surface area contributed by atoms with E-state index in [9.17, 15) is 14.4 Å². The normalized spacial score (nSPS) is 19.2. The van der Waals surface area contributed by atoms with E-state index in [0.717, 1.165) is 6.42 Å². The molecular weight excluding hydrogens is 330 g/mol. The topological polar surface area (TPSA) is 83.9 Å². The Morgan fingerprint density at radius 1 is 1.29 bits per heavy atom. The van der Waals surface area contributed by atoms with Crippen LogP contribution in [0.5, 0.6) is 0 Å². The molecule has 0 aromatic heterocycles. The first kappa shape index (κ1) is 21.0. The van der Waals surface area contributed by atoms with Gasteiger partial charge in [-0.25, -0.2) is 0 Å². The summed E-state index contributed by atoms with van der Waals surface area (Å²) in [6.07, 6.45) is 3.55. The van der Waals surface area contributed by atoms with E-state index in [4.69, 9.17) is 9.84 Å². The quantitative estimate of drug-likeness (QED) is 0.604. The number of rotatable bonds is 10. The Kier molecular flexibility index (Phi) is 7.28. The number of amides is 2. The summed E-state index contributed by atoms with van der Waals surface area (Å²) < 4.78 is 5.90. The molecule has 1 atom stereocenters. The molecule has 0 aliphatic carbocycles. The number of carbonyl (C=O) groups excluding carboxylic acids is 2. The molecule has 1 saturated heterocycles. The van der Waals surface area contributed by atoms with E-state index in [-0.39, 0.29) is 41.9 Å². The molecule has 138 valence electrons. The first-order valence-corrected chi connectivity index (χ1v) is 9.49. The molecule has 6 nitrogen and oxygen atoms in total. The summed E-state index contributed by atoms with van der Waals surface area (Å²) >= 11 is 1.40. The molecule has 7 heteroatoms. The first-order chi connectivity index (χ1) is 11.0. The number of aliphatic carboxylic acids is 1. The Labute approximate surface area is 148 Å². The highest BCUT2D eigenvalue weighted by atomic mass is 32.2. The van der Waals surface area contributed by atoms with Crippen LogP contribution in [0.25, 0.3) is 0 Å². The lowest BCUT2D eigenvalue weighted by Gasteiger charge is -2.31. The Morgan fingerprint density at radius 2 is 1.92 bits per heavy atom. The van der Waals surface area contributed by atoms with Crippen molar-refractivity contribution in [1.29, 1.82) is 0 Å². The summed E-state index contributed by atoms with van der Waals surface area (Å²) in [5.74, 6) is -1.07. The molecule has 1 fully saturated rings. The number of thioether (sulfide) groups is 1. The van der Waals surface area contributed by atoms with Crippen molar-refractivity contribution >= 4 is 29.5 Å². The molecule has 1 aliphatic heterocycles. The lowest BCUT2D eigenvalue weighted by Crippen LogP contribution is -2.44. The average Bonchev–Trinajstić information content (AvgIpc) is 2.72. The molecule has 0 bridgehead atoms. The zero-order chi connectivity index (χ0) is 18.5. The van der Waals surface area contributed by atoms with Gasteiger partial charge in [0, 0.05) is 19.4 Å². The van der Waals surface area contributed by atoms with Gasteiger partial charge in [-0.1, -0.05) is 13.8 Å². The van der Waals surface area contributed by atoms with Gasteiger partial charge in [0.1, 0.15) is 0 Å². The summed E-state index contributed by atoms with van der Waals surface area (Å²) in [5.41, 5.74) is -0.751. The van der Waals surface area contributed by atoms with Crippen LogP contribution in [0.2, 0.25) is 0 Å². The van der Waals surface area contributed by atoms with E-state index in [1.807, 2.05) is 34.0 Å². The first-order valence-electron chi connectivity index (χ1n) is 8.20. The van der Waals surface area contributed by atoms with Gasteiger partial charge in [0.05, 0.1) is 17.4 Å². The third-order valence-corrected chi connectivity index (χ3v) is 5.25. The fourth-order valence-corrected chi connectivity index (χ4v) is 3.24. The zero-order valence-corrected chi connectivity index (χ0v) is 16.1. The number of imide groups is 1. The Bertz CT molecular complexity index is 489. The van der Waals surface area contributed by atoms with Gasteiger partial charge in [-0.15, -0.1) is 0 Å². The number of hydrogen-bond donors (Lipinski definition) is 1. The van der Waals surface area contributed by atoms with Gasteiger partial charge in [0.25, 0.3) is 0 Å². The largest absolute Gasteiger partial charge is 0.481 e. The molecule has 0 radical (unpaired) electrons. The predicted molar refractivity (Wildman–Crippen MR) is 93.9 cm³/mol. The molecule has 1 N–H and O–H groups in total. The second kappa shape index (κ2) is 8.34. The molecular formula is C17H29NO5S. The van der Waals surface area contributed by atoms with Gasteiger partial charge in [-0.05, 0) is 38.4 Å². The minimum absolute atomic E-state index is 0.127. The summed E-state index contributed by atoms with van der Waals surface area (Å²) in [5, 5.41) is 8.51. The summed E-state index contributed by atoms with van der Waals surface area (Å²) in [4.78, 5) is 36.2. The summed E-state index contributed by atoms with van der Waals surface area (Å²) in [6.45, 7) is 8.47. The van der Waals surface area contributed by atoms with E-state index in [0.29, 0.717) is 13.0 Å². The number of ether oxygens (including phenoxy) is 1. The predicted octanol–water partition coefficient (Wildman–Crippen LogP) is 2.55. The van der Waals surface area contributed by atoms with Gasteiger partial charge in [-0.3, -0.25) is 19.3 Å². The molecule has 0 aromatic carbocycles. The molecule has 1 heterocycles. The minimum atomic E-state index is -0.793. The lowest BCUT2D eigenvalue weighted by molar-refractivity contribution is -0.143. The summed E-state index contributed by atoms with van der Waals surface area (Å²) in [6, 6.07) is 0. The molecule has 1 unspecified atom stereocenters. The monoisotopic (exact) mass is 359 g/mol. The van der Waals surface area contributed by atoms with Crippen LogP contribution in [0, 0.1) is 5.41 Å². The van der Waals surface area contributed by atoms with Crippen LogP contribution < -0.4 is 0 Å². The van der Waals surface area contributed by atoms with Crippen molar-refractivity contribution in [2.75, 3.05) is 19.4 Å². The van der Waals surface area contributed by atoms with Crippen molar-refractivity contribution in [3.05, 3.63) is 0 Å². The lowest BCUT2D eigenvalue weighted by atomic mass is 9.84. The second-order valence-electron chi connectivity index (χ2n) is 7.66. The molecule has 2 amide bonds. The Hall–Kier alpha value is -1.08. The van der Waals surface area contributed by atoms with Crippen LogP contribution in [-0.4, -0.2) is 58.0 Å². The number of carbonyl (C=O) groups is 3.